The van der Waals surface area contributed by atoms with Gasteiger partial charge in [-0.1, -0.05) is 42.5 Å². The zero-order valence-electron chi connectivity index (χ0n) is 17.0. The molecule has 1 amide bonds. The van der Waals surface area contributed by atoms with Gasteiger partial charge in [-0.2, -0.15) is 0 Å². The third-order valence-electron chi connectivity index (χ3n) is 5.54. The smallest absolute Gasteiger partial charge is 0.257 e. The first kappa shape index (κ1) is 19.2. The van der Waals surface area contributed by atoms with Crippen molar-refractivity contribution in [2.45, 2.75) is 25.7 Å². The summed E-state index contributed by atoms with van der Waals surface area (Å²) in [7, 11) is 1.60. The van der Waals surface area contributed by atoms with Crippen LogP contribution in [0, 0.1) is 6.92 Å². The molecular weight excluding hydrogens is 360 g/mol. The van der Waals surface area contributed by atoms with Crippen molar-refractivity contribution in [3.63, 3.8) is 0 Å². The topological polar surface area (TPSA) is 42.4 Å². The fourth-order valence-electron chi connectivity index (χ4n) is 4.10. The molecule has 1 atom stereocenters. The van der Waals surface area contributed by atoms with Gasteiger partial charge in [-0.25, -0.2) is 0 Å². The van der Waals surface area contributed by atoms with Gasteiger partial charge in [0.15, 0.2) is 0 Å². The lowest BCUT2D eigenvalue weighted by Crippen LogP contribution is -2.39. The van der Waals surface area contributed by atoms with E-state index in [1.165, 1.54) is 11.1 Å². The van der Waals surface area contributed by atoms with Crippen LogP contribution in [0.4, 0.5) is 0 Å². The van der Waals surface area contributed by atoms with E-state index in [0.29, 0.717) is 17.9 Å². The van der Waals surface area contributed by atoms with Crippen LogP contribution in [0.3, 0.4) is 0 Å². The second kappa shape index (κ2) is 8.48. The molecule has 1 unspecified atom stereocenters. The predicted molar refractivity (Wildman–Crippen MR) is 115 cm³/mol. The van der Waals surface area contributed by atoms with Gasteiger partial charge in [0.1, 0.15) is 5.75 Å². The number of benzene rings is 2. The minimum Gasteiger partial charge on any atom is -0.496 e. The fraction of sp³-hybridized carbons (Fsp3) is 0.280. The van der Waals surface area contributed by atoms with Crippen molar-refractivity contribution in [3.05, 3.63) is 83.7 Å². The normalized spacial score (nSPS) is 16.5. The summed E-state index contributed by atoms with van der Waals surface area (Å²) in [4.78, 5) is 19.9. The summed E-state index contributed by atoms with van der Waals surface area (Å²) in [6.45, 7) is 3.49. The molecule has 1 aliphatic rings. The van der Waals surface area contributed by atoms with Gasteiger partial charge >= 0.3 is 0 Å². The Balaban J connectivity index is 1.59. The molecule has 29 heavy (non-hydrogen) atoms. The van der Waals surface area contributed by atoms with E-state index < -0.39 is 0 Å². The van der Waals surface area contributed by atoms with Crippen LogP contribution in [0.25, 0.3) is 11.1 Å². The number of aryl methyl sites for hydroxylation is 1. The van der Waals surface area contributed by atoms with E-state index >= 15 is 0 Å². The molecule has 1 fully saturated rings. The number of rotatable bonds is 4. The van der Waals surface area contributed by atoms with Crippen molar-refractivity contribution in [2.24, 2.45) is 0 Å². The van der Waals surface area contributed by atoms with Crippen LogP contribution in [-0.2, 0) is 0 Å². The SMILES string of the molecule is COc1ccccc1C(=O)N1CCCC(c2cc(-c3ccccc3)cc(C)n2)C1. The molecule has 1 saturated heterocycles. The number of hydrogen-bond acceptors (Lipinski definition) is 3. The van der Waals surface area contributed by atoms with Gasteiger partial charge in [-0.15, -0.1) is 0 Å². The van der Waals surface area contributed by atoms with Gasteiger partial charge < -0.3 is 9.64 Å². The Morgan fingerprint density at radius 1 is 1.03 bits per heavy atom. The number of piperidine rings is 1. The summed E-state index contributed by atoms with van der Waals surface area (Å²) in [6.07, 6.45) is 2.02. The second-order valence-corrected chi connectivity index (χ2v) is 7.58. The molecule has 0 saturated carbocycles. The number of ether oxygens (including phenoxy) is 1. The van der Waals surface area contributed by atoms with Crippen LogP contribution in [0.2, 0.25) is 0 Å². The summed E-state index contributed by atoms with van der Waals surface area (Å²) in [6, 6.07) is 22.1. The minimum atomic E-state index is 0.0306. The first-order chi connectivity index (χ1) is 14.2. The number of aromatic nitrogens is 1. The van der Waals surface area contributed by atoms with Crippen LogP contribution in [0.5, 0.6) is 5.75 Å². The van der Waals surface area contributed by atoms with Crippen molar-refractivity contribution in [3.8, 4) is 16.9 Å². The molecule has 148 valence electrons. The number of hydrogen-bond donors (Lipinski definition) is 0. The maximum absolute atomic E-state index is 13.1. The second-order valence-electron chi connectivity index (χ2n) is 7.58. The zero-order valence-corrected chi connectivity index (χ0v) is 17.0. The molecule has 0 radical (unpaired) electrons. The Hall–Kier alpha value is -3.14. The molecule has 4 rings (SSSR count). The third-order valence-corrected chi connectivity index (χ3v) is 5.54. The van der Waals surface area contributed by atoms with E-state index in [-0.39, 0.29) is 11.8 Å². The van der Waals surface area contributed by atoms with Crippen LogP contribution >= 0.6 is 0 Å². The Morgan fingerprint density at radius 2 is 1.79 bits per heavy atom. The number of para-hydroxylation sites is 1. The number of carbonyl (C=O) groups is 1. The summed E-state index contributed by atoms with van der Waals surface area (Å²) < 4.78 is 5.39. The van der Waals surface area contributed by atoms with Crippen molar-refractivity contribution in [1.29, 1.82) is 0 Å². The van der Waals surface area contributed by atoms with Crippen LogP contribution in [0.15, 0.2) is 66.7 Å². The molecule has 0 aliphatic carbocycles. The maximum Gasteiger partial charge on any atom is 0.257 e. The Morgan fingerprint density at radius 3 is 2.59 bits per heavy atom. The molecule has 0 bridgehead atoms. The van der Waals surface area contributed by atoms with Crippen molar-refractivity contribution >= 4 is 5.91 Å². The molecule has 2 aromatic carbocycles. The lowest BCUT2D eigenvalue weighted by atomic mass is 9.91. The van der Waals surface area contributed by atoms with Crippen molar-refractivity contribution in [1.82, 2.24) is 9.88 Å². The highest BCUT2D eigenvalue weighted by Crippen LogP contribution is 2.31. The number of amides is 1. The predicted octanol–water partition coefficient (Wildman–Crippen LogP) is 5.09. The maximum atomic E-state index is 13.1. The van der Waals surface area contributed by atoms with Gasteiger partial charge in [0.2, 0.25) is 0 Å². The number of likely N-dealkylation sites (tertiary alicyclic amines) is 1. The monoisotopic (exact) mass is 386 g/mol. The van der Waals surface area contributed by atoms with Gasteiger partial charge in [0, 0.05) is 30.4 Å². The van der Waals surface area contributed by atoms with Crippen LogP contribution < -0.4 is 4.74 Å². The molecule has 3 aromatic rings. The standard InChI is InChI=1S/C25H26N2O2/c1-18-15-21(19-9-4-3-5-10-19)16-23(26-18)20-11-8-14-27(17-20)25(28)22-12-6-7-13-24(22)29-2/h3-7,9-10,12-13,15-16,20H,8,11,14,17H2,1-2H3. The molecule has 1 aromatic heterocycles. The summed E-state index contributed by atoms with van der Waals surface area (Å²) in [5, 5.41) is 0. The van der Waals surface area contributed by atoms with Crippen LogP contribution in [-0.4, -0.2) is 36.0 Å². The number of carbonyl (C=O) groups excluding carboxylic acids is 1. The highest BCUT2D eigenvalue weighted by atomic mass is 16.5. The van der Waals surface area contributed by atoms with Crippen molar-refractivity contribution in [2.75, 3.05) is 20.2 Å². The average Bonchev–Trinajstić information content (AvgIpc) is 2.79. The quantitative estimate of drug-likeness (QED) is 0.627. The third kappa shape index (κ3) is 4.16. The van der Waals surface area contributed by atoms with Gasteiger partial charge in [-0.3, -0.25) is 9.78 Å². The highest BCUT2D eigenvalue weighted by molar-refractivity contribution is 5.97. The largest absolute Gasteiger partial charge is 0.496 e. The Bertz CT molecular complexity index is 1000. The fourth-order valence-corrected chi connectivity index (χ4v) is 4.10. The number of nitrogens with zero attached hydrogens (tertiary/aromatic N) is 2. The van der Waals surface area contributed by atoms with E-state index in [1.807, 2.05) is 42.2 Å². The first-order valence-electron chi connectivity index (χ1n) is 10.1. The Kier molecular flexibility index (Phi) is 5.61. The molecule has 0 spiro atoms. The molecule has 0 N–H and O–H groups in total. The van der Waals surface area contributed by atoms with Crippen LogP contribution in [0.1, 0.15) is 40.5 Å². The summed E-state index contributed by atoms with van der Waals surface area (Å²) in [5.41, 5.74) is 5.08. The molecule has 2 heterocycles. The lowest BCUT2D eigenvalue weighted by Gasteiger charge is -2.33. The van der Waals surface area contributed by atoms with E-state index in [2.05, 4.69) is 36.4 Å². The van der Waals surface area contributed by atoms with Gasteiger partial charge in [-0.05, 0) is 55.2 Å². The molecule has 1 aliphatic heterocycles. The summed E-state index contributed by atoms with van der Waals surface area (Å²) in [5.74, 6) is 0.896. The van der Waals surface area contributed by atoms with E-state index in [9.17, 15) is 4.79 Å². The molecular formula is C25H26N2O2. The van der Waals surface area contributed by atoms with Gasteiger partial charge in [0.25, 0.3) is 5.91 Å². The first-order valence-corrected chi connectivity index (χ1v) is 10.1. The average molecular weight is 386 g/mol. The molecule has 4 nitrogen and oxygen atoms in total. The van der Waals surface area contributed by atoms with E-state index in [1.54, 1.807) is 7.11 Å². The van der Waals surface area contributed by atoms with Crippen molar-refractivity contribution < 1.29 is 9.53 Å². The van der Waals surface area contributed by atoms with E-state index in [4.69, 9.17) is 9.72 Å². The lowest BCUT2D eigenvalue weighted by molar-refractivity contribution is 0.0702. The highest BCUT2D eigenvalue weighted by Gasteiger charge is 2.28. The minimum absolute atomic E-state index is 0.0306. The number of methoxy groups -OCH3 is 1. The number of pyridine rings is 1. The molecule has 4 heteroatoms. The van der Waals surface area contributed by atoms with Gasteiger partial charge in [0.05, 0.1) is 12.7 Å². The Labute approximate surface area is 172 Å². The zero-order chi connectivity index (χ0) is 20.2. The summed E-state index contributed by atoms with van der Waals surface area (Å²) >= 11 is 0. The van der Waals surface area contributed by atoms with E-state index in [0.717, 1.165) is 30.8 Å².